The van der Waals surface area contributed by atoms with Crippen molar-refractivity contribution in [3.63, 3.8) is 0 Å². The summed E-state index contributed by atoms with van der Waals surface area (Å²) in [5.74, 6) is 1.29. The lowest BCUT2D eigenvalue weighted by molar-refractivity contribution is 0.163. The van der Waals surface area contributed by atoms with Crippen LogP contribution in [-0.4, -0.2) is 53.9 Å². The van der Waals surface area contributed by atoms with Crippen LogP contribution in [0.1, 0.15) is 25.1 Å². The Balaban J connectivity index is 1.60. The van der Waals surface area contributed by atoms with Crippen LogP contribution in [0.4, 0.5) is 0 Å². The molecule has 0 bridgehead atoms. The van der Waals surface area contributed by atoms with Gasteiger partial charge >= 0.3 is 0 Å². The molecule has 1 saturated heterocycles. The van der Waals surface area contributed by atoms with Crippen LogP contribution in [0.15, 0.2) is 33.7 Å². The average molecular weight is 385 g/mol. The second-order valence-electron chi connectivity index (χ2n) is 5.96. The maximum absolute atomic E-state index is 12.7. The monoisotopic (exact) mass is 384 g/mol. The van der Waals surface area contributed by atoms with Gasteiger partial charge < -0.3 is 4.52 Å². The second-order valence-corrected chi connectivity index (χ2v) is 8.28. The summed E-state index contributed by atoms with van der Waals surface area (Å²) in [6.07, 6.45) is 1.77. The molecule has 0 amide bonds. The summed E-state index contributed by atoms with van der Waals surface area (Å²) in [5, 5.41) is 4.19. The highest BCUT2D eigenvalue weighted by Gasteiger charge is 2.30. The van der Waals surface area contributed by atoms with E-state index in [-0.39, 0.29) is 9.92 Å². The minimum Gasteiger partial charge on any atom is -0.338 e. The van der Waals surface area contributed by atoms with Crippen LogP contribution in [-0.2, 0) is 23.0 Å². The molecule has 25 heavy (non-hydrogen) atoms. The number of benzene rings is 1. The Kier molecular flexibility index (Phi) is 5.73. The molecular formula is C16H21ClN4O3S. The summed E-state index contributed by atoms with van der Waals surface area (Å²) < 4.78 is 32.2. The molecule has 1 aromatic carbocycles. The van der Waals surface area contributed by atoms with E-state index in [1.54, 1.807) is 18.2 Å². The molecule has 0 N–H and O–H groups in total. The summed E-state index contributed by atoms with van der Waals surface area (Å²) in [6, 6.07) is 6.53. The number of piperazine rings is 1. The molecule has 1 aliphatic rings. The van der Waals surface area contributed by atoms with Crippen molar-refractivity contribution in [2.24, 2.45) is 0 Å². The topological polar surface area (TPSA) is 79.5 Å². The van der Waals surface area contributed by atoms with Gasteiger partial charge in [-0.1, -0.05) is 35.8 Å². The smallest absolute Gasteiger partial charge is 0.244 e. The first-order valence-corrected chi connectivity index (χ1v) is 10.1. The molecule has 136 valence electrons. The highest BCUT2D eigenvalue weighted by Crippen LogP contribution is 2.25. The van der Waals surface area contributed by atoms with E-state index in [2.05, 4.69) is 22.0 Å². The lowest BCUT2D eigenvalue weighted by Gasteiger charge is -2.33. The maximum atomic E-state index is 12.7. The molecular weight excluding hydrogens is 364 g/mol. The Morgan fingerprint density at radius 1 is 1.20 bits per heavy atom. The van der Waals surface area contributed by atoms with Gasteiger partial charge in [0.25, 0.3) is 0 Å². The third kappa shape index (κ3) is 4.20. The highest BCUT2D eigenvalue weighted by molar-refractivity contribution is 7.89. The molecule has 1 fully saturated rings. The molecule has 1 aliphatic heterocycles. The standard InChI is InChI=1S/C16H21ClN4O3S/c1-2-5-15-18-16(24-19-15)12-20-8-10-21(11-9-20)25(22,23)14-7-4-3-6-13(14)17/h3-4,6-7H,2,5,8-12H2,1H3. The van der Waals surface area contributed by atoms with Gasteiger partial charge in [0.1, 0.15) is 4.90 Å². The zero-order valence-corrected chi connectivity index (χ0v) is 15.6. The van der Waals surface area contributed by atoms with Gasteiger partial charge in [-0.25, -0.2) is 8.42 Å². The summed E-state index contributed by atoms with van der Waals surface area (Å²) >= 11 is 6.05. The molecule has 7 nitrogen and oxygen atoms in total. The predicted octanol–water partition coefficient (Wildman–Crippen LogP) is 2.18. The lowest BCUT2D eigenvalue weighted by Crippen LogP contribution is -2.48. The van der Waals surface area contributed by atoms with Crippen molar-refractivity contribution in [1.82, 2.24) is 19.3 Å². The third-order valence-corrected chi connectivity index (χ3v) is 6.53. The Bertz CT molecular complexity index is 816. The van der Waals surface area contributed by atoms with Crippen molar-refractivity contribution in [2.45, 2.75) is 31.2 Å². The fourth-order valence-electron chi connectivity index (χ4n) is 2.79. The van der Waals surface area contributed by atoms with Crippen LogP contribution in [0.5, 0.6) is 0 Å². The predicted molar refractivity (Wildman–Crippen MR) is 93.8 cm³/mol. The van der Waals surface area contributed by atoms with Gasteiger partial charge in [0, 0.05) is 32.6 Å². The maximum Gasteiger partial charge on any atom is 0.244 e. The molecule has 0 spiro atoms. The fraction of sp³-hybridized carbons (Fsp3) is 0.500. The number of rotatable bonds is 6. The summed E-state index contributed by atoms with van der Waals surface area (Å²) in [5.41, 5.74) is 0. The minimum absolute atomic E-state index is 0.159. The molecule has 2 heterocycles. The van der Waals surface area contributed by atoms with Crippen LogP contribution in [0.3, 0.4) is 0 Å². The summed E-state index contributed by atoms with van der Waals surface area (Å²) in [6.45, 7) is 4.63. The van der Waals surface area contributed by atoms with E-state index in [0.29, 0.717) is 38.6 Å². The molecule has 0 radical (unpaired) electrons. The summed E-state index contributed by atoms with van der Waals surface area (Å²) in [4.78, 5) is 6.62. The van der Waals surface area contributed by atoms with Gasteiger partial charge in [0.15, 0.2) is 5.82 Å². The molecule has 0 unspecified atom stereocenters. The van der Waals surface area contributed by atoms with Gasteiger partial charge in [-0.2, -0.15) is 9.29 Å². The van der Waals surface area contributed by atoms with Gasteiger partial charge in [-0.05, 0) is 18.6 Å². The fourth-order valence-corrected chi connectivity index (χ4v) is 4.71. The number of hydrogen-bond acceptors (Lipinski definition) is 6. The lowest BCUT2D eigenvalue weighted by atomic mass is 10.3. The van der Waals surface area contributed by atoms with E-state index in [9.17, 15) is 8.42 Å². The van der Waals surface area contributed by atoms with Crippen molar-refractivity contribution in [2.75, 3.05) is 26.2 Å². The molecule has 0 aliphatic carbocycles. The third-order valence-electron chi connectivity index (χ3n) is 4.13. The zero-order valence-electron chi connectivity index (χ0n) is 14.1. The highest BCUT2D eigenvalue weighted by atomic mass is 35.5. The van der Waals surface area contributed by atoms with Gasteiger partial charge in [0.2, 0.25) is 15.9 Å². The number of halogens is 1. The van der Waals surface area contributed by atoms with Crippen LogP contribution < -0.4 is 0 Å². The Morgan fingerprint density at radius 3 is 2.60 bits per heavy atom. The number of hydrogen-bond donors (Lipinski definition) is 0. The van der Waals surface area contributed by atoms with Gasteiger partial charge in [-0.15, -0.1) is 0 Å². The molecule has 0 saturated carbocycles. The van der Waals surface area contributed by atoms with Crippen molar-refractivity contribution >= 4 is 21.6 Å². The van der Waals surface area contributed by atoms with Gasteiger partial charge in [0.05, 0.1) is 11.6 Å². The number of nitrogens with zero attached hydrogens (tertiary/aromatic N) is 4. The minimum atomic E-state index is -3.57. The number of aromatic nitrogens is 2. The van der Waals surface area contributed by atoms with Crippen molar-refractivity contribution in [1.29, 1.82) is 0 Å². The molecule has 3 rings (SSSR count). The normalized spacial score (nSPS) is 17.0. The first-order chi connectivity index (χ1) is 12.0. The van der Waals surface area contributed by atoms with Crippen LogP contribution in [0.25, 0.3) is 0 Å². The van der Waals surface area contributed by atoms with Crippen LogP contribution in [0, 0.1) is 0 Å². The van der Waals surface area contributed by atoms with E-state index >= 15 is 0 Å². The van der Waals surface area contributed by atoms with E-state index < -0.39 is 10.0 Å². The Morgan fingerprint density at radius 2 is 1.92 bits per heavy atom. The van der Waals surface area contributed by atoms with Gasteiger partial charge in [-0.3, -0.25) is 4.90 Å². The van der Waals surface area contributed by atoms with E-state index in [1.807, 2.05) is 0 Å². The van der Waals surface area contributed by atoms with Crippen LogP contribution >= 0.6 is 11.6 Å². The summed E-state index contributed by atoms with van der Waals surface area (Å²) in [7, 11) is -3.57. The average Bonchev–Trinajstić information content (AvgIpc) is 3.03. The van der Waals surface area contributed by atoms with E-state index in [4.69, 9.17) is 16.1 Å². The second kappa shape index (κ2) is 7.82. The molecule has 0 atom stereocenters. The quantitative estimate of drug-likeness (QED) is 0.759. The first-order valence-electron chi connectivity index (χ1n) is 8.29. The van der Waals surface area contributed by atoms with Crippen molar-refractivity contribution in [3.8, 4) is 0 Å². The largest absolute Gasteiger partial charge is 0.338 e. The molecule has 1 aromatic heterocycles. The molecule has 9 heteroatoms. The van der Waals surface area contributed by atoms with E-state index in [1.165, 1.54) is 10.4 Å². The Labute approximate surface area is 152 Å². The van der Waals surface area contributed by atoms with Crippen LogP contribution in [0.2, 0.25) is 5.02 Å². The van der Waals surface area contributed by atoms with E-state index in [0.717, 1.165) is 18.7 Å². The number of sulfonamides is 1. The number of aryl methyl sites for hydroxylation is 1. The van der Waals surface area contributed by atoms with Crippen molar-refractivity contribution in [3.05, 3.63) is 41.0 Å². The first kappa shape index (κ1) is 18.3. The molecule has 2 aromatic rings. The van der Waals surface area contributed by atoms with Crippen molar-refractivity contribution < 1.29 is 12.9 Å². The Hall–Kier alpha value is -1.48. The zero-order chi connectivity index (χ0) is 17.9. The SMILES string of the molecule is CCCc1noc(CN2CCN(S(=O)(=O)c3ccccc3Cl)CC2)n1.